The van der Waals surface area contributed by atoms with Gasteiger partial charge in [0.25, 0.3) is 0 Å². The molecule has 0 atom stereocenters. The maximum Gasteiger partial charge on any atom is 0.416 e. The first-order valence-corrected chi connectivity index (χ1v) is 10.3. The first-order valence-electron chi connectivity index (χ1n) is 10.3. The average molecular weight is 470 g/mol. The summed E-state index contributed by atoms with van der Waals surface area (Å²) in [6, 6.07) is 15.5. The van der Waals surface area contributed by atoms with Crippen LogP contribution in [0.25, 0.3) is 21.8 Å². The predicted octanol–water partition coefficient (Wildman–Crippen LogP) is 3.95. The van der Waals surface area contributed by atoms with E-state index in [1.165, 1.54) is 6.07 Å². The van der Waals surface area contributed by atoms with Crippen LogP contribution in [0.5, 0.6) is 5.75 Å². The summed E-state index contributed by atoms with van der Waals surface area (Å²) in [6.07, 6.45) is -4.48. The summed E-state index contributed by atoms with van der Waals surface area (Å²) in [5.74, 6) is -0.663. The lowest BCUT2D eigenvalue weighted by Crippen LogP contribution is -2.16. The van der Waals surface area contributed by atoms with Crippen LogP contribution in [-0.4, -0.2) is 34.8 Å². The molecule has 0 saturated heterocycles. The SMILES string of the molecule is NCN=C(N)c1cccc2c1c1cccc(OCC(=O)O)c1n2Cc1cccc(C(F)(F)F)c1. The third kappa shape index (κ3) is 4.40. The van der Waals surface area contributed by atoms with E-state index in [1.807, 2.05) is 12.1 Å². The van der Waals surface area contributed by atoms with Gasteiger partial charge in [-0.2, -0.15) is 13.2 Å². The number of hydrogen-bond donors (Lipinski definition) is 3. The first-order chi connectivity index (χ1) is 16.2. The molecule has 4 rings (SSSR count). The van der Waals surface area contributed by atoms with E-state index in [2.05, 4.69) is 4.99 Å². The van der Waals surface area contributed by atoms with Crippen molar-refractivity contribution < 1.29 is 27.8 Å². The van der Waals surface area contributed by atoms with Gasteiger partial charge in [-0.25, -0.2) is 4.79 Å². The Labute approximate surface area is 192 Å². The van der Waals surface area contributed by atoms with Crippen LogP contribution in [0.3, 0.4) is 0 Å². The minimum atomic E-state index is -4.48. The van der Waals surface area contributed by atoms with Crippen molar-refractivity contribution in [3.63, 3.8) is 0 Å². The lowest BCUT2D eigenvalue weighted by atomic mass is 10.1. The molecule has 0 amide bonds. The minimum Gasteiger partial charge on any atom is -0.480 e. The predicted molar refractivity (Wildman–Crippen MR) is 123 cm³/mol. The van der Waals surface area contributed by atoms with E-state index in [4.69, 9.17) is 21.3 Å². The van der Waals surface area contributed by atoms with Crippen molar-refractivity contribution in [3.8, 4) is 5.75 Å². The summed E-state index contributed by atoms with van der Waals surface area (Å²) in [5.41, 5.74) is 13.2. The fourth-order valence-electron chi connectivity index (χ4n) is 4.02. The number of ether oxygens (including phenoxy) is 1. The molecule has 0 spiro atoms. The minimum absolute atomic E-state index is 0.0158. The van der Waals surface area contributed by atoms with E-state index in [-0.39, 0.29) is 24.8 Å². The van der Waals surface area contributed by atoms with Crippen LogP contribution in [0, 0.1) is 0 Å². The molecule has 1 aromatic heterocycles. The molecule has 1 heterocycles. The Morgan fingerprint density at radius 3 is 2.53 bits per heavy atom. The average Bonchev–Trinajstić information content (AvgIpc) is 3.12. The summed E-state index contributed by atoms with van der Waals surface area (Å²) in [7, 11) is 0. The second-order valence-electron chi connectivity index (χ2n) is 7.54. The van der Waals surface area contributed by atoms with Gasteiger partial charge in [0.1, 0.15) is 11.6 Å². The lowest BCUT2D eigenvalue weighted by molar-refractivity contribution is -0.139. The molecule has 0 aliphatic heterocycles. The van der Waals surface area contributed by atoms with Crippen LogP contribution < -0.4 is 16.2 Å². The molecular formula is C24H21F3N4O3. The Kier molecular flexibility index (Phi) is 6.16. The van der Waals surface area contributed by atoms with E-state index in [0.29, 0.717) is 32.9 Å². The quantitative estimate of drug-likeness (QED) is 0.279. The number of fused-ring (bicyclic) bond motifs is 3. The summed E-state index contributed by atoms with van der Waals surface area (Å²) in [5, 5.41) is 10.5. The smallest absolute Gasteiger partial charge is 0.416 e. The van der Waals surface area contributed by atoms with Crippen LogP contribution in [0.4, 0.5) is 13.2 Å². The highest BCUT2D eigenvalue weighted by molar-refractivity contribution is 6.20. The highest BCUT2D eigenvalue weighted by atomic mass is 19.4. The molecule has 7 nitrogen and oxygen atoms in total. The zero-order valence-corrected chi connectivity index (χ0v) is 17.8. The summed E-state index contributed by atoms with van der Waals surface area (Å²) >= 11 is 0. The molecule has 3 aromatic carbocycles. The van der Waals surface area contributed by atoms with E-state index in [1.54, 1.807) is 34.9 Å². The van der Waals surface area contributed by atoms with Gasteiger partial charge in [0.2, 0.25) is 0 Å². The third-order valence-electron chi connectivity index (χ3n) is 5.36. The number of nitrogens with two attached hydrogens (primary N) is 2. The van der Waals surface area contributed by atoms with E-state index < -0.39 is 24.3 Å². The molecule has 10 heteroatoms. The Bertz CT molecular complexity index is 1410. The van der Waals surface area contributed by atoms with Crippen molar-refractivity contribution in [1.82, 2.24) is 4.57 Å². The number of aliphatic carboxylic acids is 1. The molecule has 0 unspecified atom stereocenters. The zero-order valence-electron chi connectivity index (χ0n) is 17.8. The first kappa shape index (κ1) is 23.1. The van der Waals surface area contributed by atoms with Crippen LogP contribution in [0.2, 0.25) is 0 Å². The monoisotopic (exact) mass is 470 g/mol. The lowest BCUT2D eigenvalue weighted by Gasteiger charge is -2.13. The second kappa shape index (κ2) is 9.06. The Morgan fingerprint density at radius 1 is 1.09 bits per heavy atom. The maximum absolute atomic E-state index is 13.3. The second-order valence-corrected chi connectivity index (χ2v) is 7.54. The molecular weight excluding hydrogens is 449 g/mol. The van der Waals surface area contributed by atoms with Crippen molar-refractivity contribution in [1.29, 1.82) is 0 Å². The number of benzene rings is 3. The molecule has 0 fully saturated rings. The highest BCUT2D eigenvalue weighted by Crippen LogP contribution is 2.38. The highest BCUT2D eigenvalue weighted by Gasteiger charge is 2.30. The number of amidine groups is 1. The van der Waals surface area contributed by atoms with Crippen molar-refractivity contribution >= 4 is 33.6 Å². The van der Waals surface area contributed by atoms with Gasteiger partial charge < -0.3 is 25.9 Å². The normalized spacial score (nSPS) is 12.4. The molecule has 176 valence electrons. The third-order valence-corrected chi connectivity index (χ3v) is 5.36. The van der Waals surface area contributed by atoms with Crippen LogP contribution in [0.15, 0.2) is 65.7 Å². The number of carbonyl (C=O) groups is 1. The zero-order chi connectivity index (χ0) is 24.5. The number of para-hydroxylation sites is 1. The number of aliphatic imine (C=N–C) groups is 1. The van der Waals surface area contributed by atoms with Gasteiger partial charge >= 0.3 is 12.1 Å². The fourth-order valence-corrected chi connectivity index (χ4v) is 4.02. The molecule has 4 aromatic rings. The van der Waals surface area contributed by atoms with Crippen molar-refractivity contribution in [3.05, 3.63) is 77.4 Å². The fraction of sp³-hybridized carbons (Fsp3) is 0.167. The van der Waals surface area contributed by atoms with E-state index in [9.17, 15) is 18.0 Å². The number of carboxylic acids is 1. The van der Waals surface area contributed by atoms with Crippen LogP contribution in [-0.2, 0) is 17.5 Å². The number of halogens is 3. The van der Waals surface area contributed by atoms with Crippen LogP contribution in [0.1, 0.15) is 16.7 Å². The van der Waals surface area contributed by atoms with Gasteiger partial charge in [0, 0.05) is 22.9 Å². The Balaban J connectivity index is 1.99. The summed E-state index contributed by atoms with van der Waals surface area (Å²) in [6.45, 7) is -0.513. The number of nitrogens with zero attached hydrogens (tertiary/aromatic N) is 2. The molecule has 0 aliphatic rings. The summed E-state index contributed by atoms with van der Waals surface area (Å²) < 4.78 is 47.2. The number of carboxylic acid groups (broad SMARTS) is 1. The van der Waals surface area contributed by atoms with Gasteiger partial charge in [-0.05, 0) is 29.8 Å². The van der Waals surface area contributed by atoms with Crippen molar-refractivity contribution in [2.45, 2.75) is 12.7 Å². The van der Waals surface area contributed by atoms with Gasteiger partial charge in [-0.1, -0.05) is 36.4 Å². The summed E-state index contributed by atoms with van der Waals surface area (Å²) in [4.78, 5) is 15.2. The maximum atomic E-state index is 13.3. The van der Waals surface area contributed by atoms with Crippen molar-refractivity contribution in [2.75, 3.05) is 13.3 Å². The van der Waals surface area contributed by atoms with Gasteiger partial charge in [-0.3, -0.25) is 4.99 Å². The Morgan fingerprint density at radius 2 is 1.82 bits per heavy atom. The van der Waals surface area contributed by atoms with E-state index in [0.717, 1.165) is 12.1 Å². The molecule has 0 radical (unpaired) electrons. The number of aromatic nitrogens is 1. The number of hydrogen-bond acceptors (Lipinski definition) is 4. The van der Waals surface area contributed by atoms with Gasteiger partial charge in [0.15, 0.2) is 6.61 Å². The Hall–Kier alpha value is -4.05. The molecule has 5 N–H and O–H groups in total. The van der Waals surface area contributed by atoms with E-state index >= 15 is 0 Å². The number of alkyl halides is 3. The molecule has 0 aliphatic carbocycles. The molecule has 34 heavy (non-hydrogen) atoms. The van der Waals surface area contributed by atoms with Gasteiger partial charge in [0.05, 0.1) is 23.3 Å². The molecule has 0 saturated carbocycles. The topological polar surface area (TPSA) is 116 Å². The van der Waals surface area contributed by atoms with Crippen molar-refractivity contribution in [2.24, 2.45) is 16.5 Å². The standard InChI is InChI=1S/C24H21F3N4O3/c25-24(26,27)15-5-1-4-14(10-15)11-31-18-8-2-7-17(23(29)30-13-28)21(18)16-6-3-9-19(22(16)31)34-12-20(32)33/h1-10H,11-13,28H2,(H2,29,30)(H,32,33). The largest absolute Gasteiger partial charge is 0.480 e. The van der Waals surface area contributed by atoms with Crippen LogP contribution >= 0.6 is 0 Å². The molecule has 0 bridgehead atoms. The number of rotatable bonds is 7. The van der Waals surface area contributed by atoms with Gasteiger partial charge in [-0.15, -0.1) is 0 Å².